The van der Waals surface area contributed by atoms with Gasteiger partial charge in [0, 0.05) is 49.7 Å². The van der Waals surface area contributed by atoms with E-state index in [0.29, 0.717) is 35.6 Å². The lowest BCUT2D eigenvalue weighted by atomic mass is 10.0. The number of hydrogen-bond donors (Lipinski definition) is 1. The highest BCUT2D eigenvalue weighted by molar-refractivity contribution is 6.29. The second-order valence-electron chi connectivity index (χ2n) is 13.3. The summed E-state index contributed by atoms with van der Waals surface area (Å²) in [5.41, 5.74) is 1.53. The number of aryl methyl sites for hydroxylation is 1. The van der Waals surface area contributed by atoms with Gasteiger partial charge in [0.25, 0.3) is 11.2 Å². The number of piperidine rings is 1. The third-order valence-electron chi connectivity index (χ3n) is 8.50. The van der Waals surface area contributed by atoms with Gasteiger partial charge in [-0.1, -0.05) is 17.7 Å². The minimum Gasteiger partial charge on any atom is -0.455 e. The topological polar surface area (TPSA) is 168 Å². The van der Waals surface area contributed by atoms with Crippen molar-refractivity contribution in [3.05, 3.63) is 91.0 Å². The molecule has 3 heterocycles. The van der Waals surface area contributed by atoms with Crippen molar-refractivity contribution in [2.24, 2.45) is 18.9 Å². The molecule has 0 radical (unpaired) electrons. The number of nitrogens with zero attached hydrogens (tertiary/aromatic N) is 5. The highest BCUT2D eigenvalue weighted by Crippen LogP contribution is 2.49. The Hall–Kier alpha value is -5.24. The molecule has 14 nitrogen and oxygen atoms in total. The first-order valence-electron chi connectivity index (χ1n) is 15.6. The number of halogens is 1. The molecule has 0 amide bonds. The van der Waals surface area contributed by atoms with Crippen LogP contribution >= 0.6 is 11.6 Å². The maximum atomic E-state index is 13.7. The quantitative estimate of drug-likeness (QED) is 0.0756. The molecular formula is C34H35ClN6O8. The van der Waals surface area contributed by atoms with Crippen LogP contribution < -0.4 is 20.5 Å². The number of ether oxygens (including phenoxy) is 3. The fraction of sp³-hybridized carbons (Fsp3) is 0.382. The molecule has 2 aromatic heterocycles. The number of benzene rings is 2. The van der Waals surface area contributed by atoms with E-state index in [1.54, 1.807) is 40.0 Å². The number of carbonyl (C=O) groups is 2. The van der Waals surface area contributed by atoms with Gasteiger partial charge in [-0.25, -0.2) is 19.6 Å². The molecule has 1 aliphatic carbocycles. The highest BCUT2D eigenvalue weighted by Gasteiger charge is 2.59. The molecule has 49 heavy (non-hydrogen) atoms. The summed E-state index contributed by atoms with van der Waals surface area (Å²) in [5, 5.41) is 14.8. The largest absolute Gasteiger partial charge is 0.514 e. The van der Waals surface area contributed by atoms with E-state index in [1.165, 1.54) is 28.8 Å². The van der Waals surface area contributed by atoms with Crippen LogP contribution in [0.5, 0.6) is 5.75 Å². The summed E-state index contributed by atoms with van der Waals surface area (Å²) < 4.78 is 17.8. The fourth-order valence-electron chi connectivity index (χ4n) is 6.18. The van der Waals surface area contributed by atoms with Crippen molar-refractivity contribution in [1.82, 2.24) is 14.5 Å². The first-order valence-corrected chi connectivity index (χ1v) is 16.0. The summed E-state index contributed by atoms with van der Waals surface area (Å²) in [5.74, 6) is 0.0541. The standard InChI is InChI=1S/C34H35ClN6O8/c1-17-13-21(18(2)36-25-11-12-26(35)37-28(25)31(43)49-34(3,4)5)27-22(14-17)30(42)39(6)32(38-27)40-15-23-24(16-40)29(23)48-33(44)47-20-9-7-19(8-10-20)41(45)46/h7-14,18,23-24,29,36H,15-16H2,1-6H3/t18?,23-,24+,29?. The van der Waals surface area contributed by atoms with Crippen molar-refractivity contribution in [1.29, 1.82) is 0 Å². The number of aromatic nitrogens is 3. The Labute approximate surface area is 286 Å². The van der Waals surface area contributed by atoms with Gasteiger partial charge in [0.15, 0.2) is 5.69 Å². The molecule has 15 heteroatoms. The lowest BCUT2D eigenvalue weighted by molar-refractivity contribution is -0.384. The van der Waals surface area contributed by atoms with E-state index >= 15 is 0 Å². The van der Waals surface area contributed by atoms with Gasteiger partial charge in [-0.05, 0) is 70.5 Å². The lowest BCUT2D eigenvalue weighted by Crippen LogP contribution is -2.34. The number of non-ortho nitro benzene ring substituents is 1. The first kappa shape index (κ1) is 33.7. The van der Waals surface area contributed by atoms with Gasteiger partial charge in [0.05, 0.1) is 27.6 Å². The van der Waals surface area contributed by atoms with E-state index in [1.807, 2.05) is 30.9 Å². The van der Waals surface area contributed by atoms with E-state index < -0.39 is 28.7 Å². The Morgan fingerprint density at radius 3 is 2.39 bits per heavy atom. The Balaban J connectivity index is 1.20. The van der Waals surface area contributed by atoms with Crippen LogP contribution in [0.1, 0.15) is 55.4 Å². The number of anilines is 2. The molecular weight excluding hydrogens is 656 g/mol. The maximum Gasteiger partial charge on any atom is 0.514 e. The maximum absolute atomic E-state index is 13.7. The van der Waals surface area contributed by atoms with Crippen LogP contribution in [0.25, 0.3) is 10.9 Å². The molecule has 2 aliphatic rings. The minimum atomic E-state index is -0.886. The molecule has 1 saturated carbocycles. The van der Waals surface area contributed by atoms with Gasteiger partial charge in [-0.2, -0.15) is 0 Å². The smallest absolute Gasteiger partial charge is 0.455 e. The predicted octanol–water partition coefficient (Wildman–Crippen LogP) is 5.98. The van der Waals surface area contributed by atoms with Crippen LogP contribution in [0.15, 0.2) is 53.3 Å². The van der Waals surface area contributed by atoms with Crippen LogP contribution in [0.3, 0.4) is 0 Å². The van der Waals surface area contributed by atoms with E-state index in [0.717, 1.165) is 11.1 Å². The Morgan fingerprint density at radius 1 is 1.08 bits per heavy atom. The molecule has 1 aliphatic heterocycles. The molecule has 6 rings (SSSR count). The second kappa shape index (κ2) is 12.7. The highest BCUT2D eigenvalue weighted by atomic mass is 35.5. The minimum absolute atomic E-state index is 0.0266. The average molecular weight is 691 g/mol. The summed E-state index contributed by atoms with van der Waals surface area (Å²) >= 11 is 6.14. The number of fused-ring (bicyclic) bond motifs is 2. The van der Waals surface area contributed by atoms with Gasteiger partial charge >= 0.3 is 12.1 Å². The van der Waals surface area contributed by atoms with Crippen molar-refractivity contribution < 1.29 is 28.7 Å². The number of nitro benzene ring substituents is 1. The zero-order valence-electron chi connectivity index (χ0n) is 27.7. The van der Waals surface area contributed by atoms with E-state index in [9.17, 15) is 24.5 Å². The number of hydrogen-bond acceptors (Lipinski definition) is 12. The summed E-state index contributed by atoms with van der Waals surface area (Å²) in [6.45, 7) is 10.1. The van der Waals surface area contributed by atoms with Gasteiger partial charge in [0.2, 0.25) is 5.95 Å². The second-order valence-corrected chi connectivity index (χ2v) is 13.7. The van der Waals surface area contributed by atoms with Crippen molar-refractivity contribution in [3.8, 4) is 5.75 Å². The zero-order chi connectivity index (χ0) is 35.4. The average Bonchev–Trinajstić information content (AvgIpc) is 3.44. The van der Waals surface area contributed by atoms with Crippen LogP contribution in [0, 0.1) is 28.9 Å². The van der Waals surface area contributed by atoms with Crippen molar-refractivity contribution >= 4 is 52.0 Å². The number of nitro groups is 1. The number of esters is 1. The fourth-order valence-corrected chi connectivity index (χ4v) is 6.32. The summed E-state index contributed by atoms with van der Waals surface area (Å²) in [6, 6.07) is 11.7. The number of carbonyl (C=O) groups excluding carboxylic acids is 2. The molecule has 1 saturated heterocycles. The van der Waals surface area contributed by atoms with Crippen molar-refractivity contribution in [2.75, 3.05) is 23.3 Å². The van der Waals surface area contributed by atoms with Crippen LogP contribution in [-0.4, -0.2) is 56.4 Å². The van der Waals surface area contributed by atoms with Crippen molar-refractivity contribution in [2.45, 2.75) is 52.4 Å². The monoisotopic (exact) mass is 690 g/mol. The van der Waals surface area contributed by atoms with Crippen LogP contribution in [0.2, 0.25) is 5.15 Å². The van der Waals surface area contributed by atoms with Gasteiger partial charge in [0.1, 0.15) is 22.6 Å². The molecule has 4 atom stereocenters. The van der Waals surface area contributed by atoms with Crippen molar-refractivity contribution in [3.63, 3.8) is 0 Å². The molecule has 4 aromatic rings. The third-order valence-corrected chi connectivity index (χ3v) is 8.71. The molecule has 2 fully saturated rings. The SMILES string of the molecule is Cc1cc(C(C)Nc2ccc(Cl)nc2C(=O)OC(C)(C)C)c2nc(N3C[C@@H]4C(OC(=O)Oc5ccc([N+](=O)[O-])cc5)[C@@H]4C3)n(C)c(=O)c2c1. The number of rotatable bonds is 8. The molecule has 2 aromatic carbocycles. The van der Waals surface area contributed by atoms with Gasteiger partial charge < -0.3 is 24.4 Å². The summed E-state index contributed by atoms with van der Waals surface area (Å²) in [7, 11) is 1.68. The molecule has 0 bridgehead atoms. The Kier molecular flexibility index (Phi) is 8.69. The van der Waals surface area contributed by atoms with E-state index in [-0.39, 0.29) is 45.8 Å². The van der Waals surface area contributed by atoms with Gasteiger partial charge in [-0.3, -0.25) is 19.5 Å². The predicted molar refractivity (Wildman–Crippen MR) is 181 cm³/mol. The summed E-state index contributed by atoms with van der Waals surface area (Å²) in [6.07, 6.45) is -1.24. The Bertz CT molecular complexity index is 2030. The van der Waals surface area contributed by atoms with Crippen LogP contribution in [-0.2, 0) is 16.5 Å². The third kappa shape index (κ3) is 7.00. The van der Waals surface area contributed by atoms with E-state index in [2.05, 4.69) is 10.3 Å². The molecule has 1 N–H and O–H groups in total. The molecule has 2 unspecified atom stereocenters. The molecule has 256 valence electrons. The zero-order valence-corrected chi connectivity index (χ0v) is 28.5. The number of nitrogens with one attached hydrogen (secondary N) is 1. The lowest BCUT2D eigenvalue weighted by Gasteiger charge is -2.25. The van der Waals surface area contributed by atoms with Gasteiger partial charge in [-0.15, -0.1) is 0 Å². The van der Waals surface area contributed by atoms with E-state index in [4.69, 9.17) is 30.8 Å². The van der Waals surface area contributed by atoms with Crippen LogP contribution in [0.4, 0.5) is 22.1 Å². The first-order chi connectivity index (χ1) is 23.1. The number of pyridine rings is 1. The molecule has 0 spiro atoms. The normalized spacial score (nSPS) is 18.8. The Morgan fingerprint density at radius 2 is 1.76 bits per heavy atom. The summed E-state index contributed by atoms with van der Waals surface area (Å²) in [4.78, 5) is 60.7.